The van der Waals surface area contributed by atoms with Gasteiger partial charge < -0.3 is 10.6 Å². The summed E-state index contributed by atoms with van der Waals surface area (Å²) in [5, 5.41) is 5.89. The number of hydrogen-bond acceptors (Lipinski definition) is 4. The SMILES string of the molecule is O=C(C[C@@H]1SC(=NC2CCCC2)NC1=O)Nc1ccccc1Br. The van der Waals surface area contributed by atoms with Crippen molar-refractivity contribution in [2.45, 2.75) is 43.4 Å². The van der Waals surface area contributed by atoms with Gasteiger partial charge in [0.1, 0.15) is 5.25 Å². The summed E-state index contributed by atoms with van der Waals surface area (Å²) in [5.74, 6) is -0.305. The third-order valence-electron chi connectivity index (χ3n) is 3.92. The van der Waals surface area contributed by atoms with Gasteiger partial charge in [0.15, 0.2) is 5.17 Å². The molecule has 0 radical (unpaired) electrons. The molecule has 1 aliphatic carbocycles. The van der Waals surface area contributed by atoms with Gasteiger partial charge in [0.05, 0.1) is 11.7 Å². The van der Waals surface area contributed by atoms with E-state index >= 15 is 0 Å². The van der Waals surface area contributed by atoms with Crippen LogP contribution in [0.4, 0.5) is 5.69 Å². The predicted molar refractivity (Wildman–Crippen MR) is 96.6 cm³/mol. The van der Waals surface area contributed by atoms with Gasteiger partial charge in [-0.2, -0.15) is 0 Å². The summed E-state index contributed by atoms with van der Waals surface area (Å²) in [5.41, 5.74) is 0.709. The van der Waals surface area contributed by atoms with E-state index in [0.717, 1.165) is 17.3 Å². The Bertz CT molecular complexity index is 644. The highest BCUT2D eigenvalue weighted by molar-refractivity contribution is 9.10. The molecule has 1 atom stereocenters. The number of nitrogens with zero attached hydrogens (tertiary/aromatic N) is 1. The first kappa shape index (κ1) is 16.5. The van der Waals surface area contributed by atoms with E-state index < -0.39 is 5.25 Å². The molecule has 0 bridgehead atoms. The summed E-state index contributed by atoms with van der Waals surface area (Å²) in [6, 6.07) is 7.73. The molecule has 1 aliphatic heterocycles. The van der Waals surface area contributed by atoms with Crippen molar-refractivity contribution in [3.8, 4) is 0 Å². The zero-order valence-electron chi connectivity index (χ0n) is 12.5. The Hall–Kier alpha value is -1.34. The van der Waals surface area contributed by atoms with E-state index in [4.69, 9.17) is 0 Å². The van der Waals surface area contributed by atoms with E-state index in [1.807, 2.05) is 24.3 Å². The fourth-order valence-corrected chi connectivity index (χ4v) is 4.16. The van der Waals surface area contributed by atoms with Crippen LogP contribution in [0.2, 0.25) is 0 Å². The van der Waals surface area contributed by atoms with Gasteiger partial charge in [-0.3, -0.25) is 14.6 Å². The minimum Gasteiger partial charge on any atom is -0.325 e. The first-order chi connectivity index (χ1) is 11.1. The summed E-state index contributed by atoms with van der Waals surface area (Å²) in [4.78, 5) is 28.8. The van der Waals surface area contributed by atoms with Crippen LogP contribution in [-0.4, -0.2) is 28.3 Å². The maximum atomic E-state index is 12.2. The normalized spacial score (nSPS) is 23.3. The molecule has 0 spiro atoms. The van der Waals surface area contributed by atoms with E-state index in [0.29, 0.717) is 16.9 Å². The molecular weight excluding hydrogens is 378 g/mol. The number of aliphatic imine (C=N–C) groups is 1. The Kier molecular flexibility index (Phi) is 5.38. The van der Waals surface area contributed by atoms with Gasteiger partial charge in [-0.1, -0.05) is 36.7 Å². The van der Waals surface area contributed by atoms with Crippen LogP contribution in [0.15, 0.2) is 33.7 Å². The fourth-order valence-electron chi connectivity index (χ4n) is 2.73. The highest BCUT2D eigenvalue weighted by Gasteiger charge is 2.32. The number of hydrogen-bond donors (Lipinski definition) is 2. The Morgan fingerprint density at radius 2 is 2.09 bits per heavy atom. The minimum absolute atomic E-state index is 0.131. The molecule has 1 aromatic rings. The van der Waals surface area contributed by atoms with E-state index in [1.165, 1.54) is 24.6 Å². The molecule has 1 aromatic carbocycles. The van der Waals surface area contributed by atoms with E-state index in [9.17, 15) is 9.59 Å². The Balaban J connectivity index is 1.56. The maximum Gasteiger partial charge on any atom is 0.240 e. The zero-order valence-corrected chi connectivity index (χ0v) is 15.0. The van der Waals surface area contributed by atoms with Crippen molar-refractivity contribution in [3.05, 3.63) is 28.7 Å². The molecule has 1 saturated carbocycles. The van der Waals surface area contributed by atoms with Crippen LogP contribution in [0.5, 0.6) is 0 Å². The summed E-state index contributed by atoms with van der Waals surface area (Å²) >= 11 is 4.75. The molecule has 2 aliphatic rings. The van der Waals surface area contributed by atoms with Crippen molar-refractivity contribution in [3.63, 3.8) is 0 Å². The van der Waals surface area contributed by atoms with Crippen molar-refractivity contribution in [2.75, 3.05) is 5.32 Å². The Morgan fingerprint density at radius 3 is 2.83 bits per heavy atom. The number of rotatable bonds is 4. The van der Waals surface area contributed by atoms with Crippen molar-refractivity contribution < 1.29 is 9.59 Å². The fraction of sp³-hybridized carbons (Fsp3) is 0.438. The topological polar surface area (TPSA) is 70.6 Å². The van der Waals surface area contributed by atoms with Gasteiger partial charge >= 0.3 is 0 Å². The zero-order chi connectivity index (χ0) is 16.2. The largest absolute Gasteiger partial charge is 0.325 e. The third-order valence-corrected chi connectivity index (χ3v) is 5.71. The van der Waals surface area contributed by atoms with Gasteiger partial charge in [-0.15, -0.1) is 0 Å². The van der Waals surface area contributed by atoms with Crippen LogP contribution in [0, 0.1) is 0 Å². The molecule has 0 unspecified atom stereocenters. The number of anilines is 1. The molecule has 7 heteroatoms. The van der Waals surface area contributed by atoms with Crippen molar-refractivity contribution in [1.29, 1.82) is 0 Å². The monoisotopic (exact) mass is 395 g/mol. The predicted octanol–water partition coefficient (Wildman–Crippen LogP) is 3.31. The van der Waals surface area contributed by atoms with Crippen molar-refractivity contribution in [2.24, 2.45) is 4.99 Å². The minimum atomic E-state index is -0.405. The summed E-state index contributed by atoms with van der Waals surface area (Å²) < 4.78 is 0.820. The summed E-state index contributed by atoms with van der Waals surface area (Å²) in [6.45, 7) is 0. The Labute approximate surface area is 147 Å². The first-order valence-corrected chi connectivity index (χ1v) is 9.39. The average Bonchev–Trinajstić information content (AvgIpc) is 3.12. The number of amides is 2. The molecule has 3 rings (SSSR count). The standard InChI is InChI=1S/C16H18BrN3O2S/c17-11-7-3-4-8-12(11)19-14(21)9-13-15(22)20-16(23-13)18-10-5-1-2-6-10/h3-4,7-8,10,13H,1-2,5-6,9H2,(H,19,21)(H,18,20,22)/t13-/m0/s1. The van der Waals surface area contributed by atoms with Gasteiger partial charge in [-0.05, 0) is 40.9 Å². The number of halogens is 1. The number of thioether (sulfide) groups is 1. The quantitative estimate of drug-likeness (QED) is 0.821. The number of amidine groups is 1. The molecular formula is C16H18BrN3O2S. The van der Waals surface area contributed by atoms with Gasteiger partial charge in [0.25, 0.3) is 0 Å². The van der Waals surface area contributed by atoms with Crippen LogP contribution in [0.25, 0.3) is 0 Å². The van der Waals surface area contributed by atoms with Crippen LogP contribution in [-0.2, 0) is 9.59 Å². The van der Waals surface area contributed by atoms with E-state index in [-0.39, 0.29) is 18.2 Å². The molecule has 23 heavy (non-hydrogen) atoms. The molecule has 122 valence electrons. The highest BCUT2D eigenvalue weighted by atomic mass is 79.9. The summed E-state index contributed by atoms with van der Waals surface area (Å²) in [6.07, 6.45) is 4.73. The number of benzene rings is 1. The van der Waals surface area contributed by atoms with Crippen molar-refractivity contribution in [1.82, 2.24) is 5.32 Å². The average molecular weight is 396 g/mol. The molecule has 5 nitrogen and oxygen atoms in total. The first-order valence-electron chi connectivity index (χ1n) is 7.71. The van der Waals surface area contributed by atoms with Crippen LogP contribution in [0.1, 0.15) is 32.1 Å². The van der Waals surface area contributed by atoms with Gasteiger partial charge in [0, 0.05) is 10.9 Å². The van der Waals surface area contributed by atoms with Crippen molar-refractivity contribution >= 4 is 50.4 Å². The second kappa shape index (κ2) is 7.49. The number of carbonyl (C=O) groups is 2. The molecule has 0 aromatic heterocycles. The third kappa shape index (κ3) is 4.35. The molecule has 1 saturated heterocycles. The molecule has 1 heterocycles. The summed E-state index contributed by atoms with van der Waals surface area (Å²) in [7, 11) is 0. The van der Waals surface area contributed by atoms with Crippen LogP contribution >= 0.6 is 27.7 Å². The number of carbonyl (C=O) groups excluding carboxylic acids is 2. The molecule has 2 N–H and O–H groups in total. The molecule has 2 amide bonds. The van der Waals surface area contributed by atoms with Gasteiger partial charge in [0.2, 0.25) is 11.8 Å². The Morgan fingerprint density at radius 1 is 1.35 bits per heavy atom. The second-order valence-corrected chi connectivity index (χ2v) is 7.75. The lowest BCUT2D eigenvalue weighted by molar-refractivity contribution is -0.122. The maximum absolute atomic E-state index is 12.2. The smallest absolute Gasteiger partial charge is 0.240 e. The van der Waals surface area contributed by atoms with Crippen LogP contribution in [0.3, 0.4) is 0 Å². The second-order valence-electron chi connectivity index (χ2n) is 5.70. The lowest BCUT2D eigenvalue weighted by Gasteiger charge is -2.08. The lowest BCUT2D eigenvalue weighted by atomic mass is 10.2. The van der Waals surface area contributed by atoms with Gasteiger partial charge in [-0.25, -0.2) is 0 Å². The number of para-hydroxylation sites is 1. The molecule has 2 fully saturated rings. The lowest BCUT2D eigenvalue weighted by Crippen LogP contribution is -2.28. The van der Waals surface area contributed by atoms with Crippen LogP contribution < -0.4 is 10.6 Å². The highest BCUT2D eigenvalue weighted by Crippen LogP contribution is 2.27. The van der Waals surface area contributed by atoms with E-state index in [2.05, 4.69) is 31.6 Å². The number of nitrogens with one attached hydrogen (secondary N) is 2. The van der Waals surface area contributed by atoms with E-state index in [1.54, 1.807) is 0 Å².